The number of nitrogens with one attached hydrogen (secondary N) is 2. The molecule has 5 rings (SSSR count). The number of piperazine rings is 1. The van der Waals surface area contributed by atoms with Gasteiger partial charge in [0.05, 0.1) is 42.2 Å². The van der Waals surface area contributed by atoms with Gasteiger partial charge in [0.2, 0.25) is 5.95 Å². The van der Waals surface area contributed by atoms with Crippen molar-refractivity contribution in [2.45, 2.75) is 40.3 Å². The Morgan fingerprint density at radius 2 is 1.87 bits per heavy atom. The van der Waals surface area contributed by atoms with Gasteiger partial charge in [-0.25, -0.2) is 9.78 Å². The van der Waals surface area contributed by atoms with Crippen molar-refractivity contribution in [2.24, 2.45) is 0 Å². The molecule has 3 aromatic heterocycles. The molecule has 1 unspecified atom stereocenters. The van der Waals surface area contributed by atoms with E-state index in [1.165, 1.54) is 9.80 Å². The highest BCUT2D eigenvalue weighted by Crippen LogP contribution is 2.42. The zero-order valence-corrected chi connectivity index (χ0v) is 27.6. The van der Waals surface area contributed by atoms with E-state index in [4.69, 9.17) is 27.2 Å². The number of aryl methyl sites for hydroxylation is 2. The molecule has 15 nitrogen and oxygen atoms in total. The van der Waals surface area contributed by atoms with Gasteiger partial charge in [-0.3, -0.25) is 24.4 Å². The lowest BCUT2D eigenvalue weighted by Crippen LogP contribution is -2.51. The number of halogens is 1. The van der Waals surface area contributed by atoms with Gasteiger partial charge in [-0.05, 0) is 39.3 Å². The van der Waals surface area contributed by atoms with Gasteiger partial charge in [-0.15, -0.1) is 0 Å². The molecule has 1 atom stereocenters. The van der Waals surface area contributed by atoms with E-state index in [2.05, 4.69) is 25.3 Å². The average Bonchev–Trinajstić information content (AvgIpc) is 3.44. The molecule has 6 N–H and O–H groups in total. The molecule has 1 fully saturated rings. The van der Waals surface area contributed by atoms with Crippen LogP contribution >= 0.6 is 11.6 Å². The summed E-state index contributed by atoms with van der Waals surface area (Å²) in [4.78, 5) is 59.3. The van der Waals surface area contributed by atoms with E-state index in [0.29, 0.717) is 72.2 Å². The number of aliphatic hydroxyl groups excluding tert-OH is 1. The van der Waals surface area contributed by atoms with E-state index in [9.17, 15) is 19.5 Å². The number of β-amino-alcohol motifs (C(OH)–C–C–N with tert-alkyl or cyclic N) is 1. The van der Waals surface area contributed by atoms with Gasteiger partial charge in [0, 0.05) is 68.0 Å². The van der Waals surface area contributed by atoms with E-state index < -0.39 is 18.1 Å². The predicted octanol–water partition coefficient (Wildman–Crippen LogP) is 2.15. The molecule has 250 valence electrons. The van der Waals surface area contributed by atoms with E-state index in [1.54, 1.807) is 33.2 Å². The van der Waals surface area contributed by atoms with Crippen molar-refractivity contribution in [2.75, 3.05) is 57.0 Å². The smallest absolute Gasteiger partial charge is 0.407 e. The minimum Gasteiger partial charge on any atom is -0.496 e. The number of fused-ring (bicyclic) bond motifs is 1. The predicted molar refractivity (Wildman–Crippen MR) is 175 cm³/mol. The number of nitrogens with two attached hydrogens (primary N) is 1. The molecule has 3 aromatic rings. The Morgan fingerprint density at radius 1 is 1.17 bits per heavy atom. The Balaban J connectivity index is 1.36. The third-order valence-corrected chi connectivity index (χ3v) is 8.80. The van der Waals surface area contributed by atoms with Crippen LogP contribution in [0.25, 0.3) is 11.6 Å². The summed E-state index contributed by atoms with van der Waals surface area (Å²) >= 11 is 6.54. The number of carboxylic acid groups (broad SMARTS) is 1. The highest BCUT2D eigenvalue weighted by Gasteiger charge is 2.38. The van der Waals surface area contributed by atoms with Gasteiger partial charge in [0.1, 0.15) is 10.9 Å². The van der Waals surface area contributed by atoms with Gasteiger partial charge in [-0.2, -0.15) is 4.98 Å². The van der Waals surface area contributed by atoms with E-state index >= 15 is 0 Å². The topological polar surface area (TPSA) is 203 Å². The molecule has 5 heterocycles. The number of carbonyl (C=O) groups excluding carboxylic acids is 2. The zero-order chi connectivity index (χ0) is 34.2. The SMILES string of the molecule is COc1c(C)cnc(CN2C(=O)/C(=C\c3[nH]c(C)c(C(=O)NCC(O)CN4CCN(C(=O)O)CC4)c3C)c3c(Cl)nc(N)nc32)c1C. The third-order valence-electron chi connectivity index (χ3n) is 8.52. The van der Waals surface area contributed by atoms with Crippen LogP contribution in [0.5, 0.6) is 5.75 Å². The average molecular weight is 668 g/mol. The Labute approximate surface area is 276 Å². The lowest BCUT2D eigenvalue weighted by Gasteiger charge is -2.34. The number of aromatic amines is 1. The Hall–Kier alpha value is -4.73. The Bertz CT molecular complexity index is 1770. The molecule has 0 spiro atoms. The lowest BCUT2D eigenvalue weighted by atomic mass is 10.1. The number of nitrogen functional groups attached to an aromatic ring is 1. The van der Waals surface area contributed by atoms with Crippen molar-refractivity contribution in [3.8, 4) is 5.75 Å². The maximum Gasteiger partial charge on any atom is 0.407 e. The lowest BCUT2D eigenvalue weighted by molar-refractivity contribution is -0.113. The maximum absolute atomic E-state index is 14.0. The van der Waals surface area contributed by atoms with E-state index in [1.807, 2.05) is 18.7 Å². The molecule has 3 amide bonds. The number of carbonyl (C=O) groups is 3. The minimum atomic E-state index is -0.958. The first-order valence-electron chi connectivity index (χ1n) is 15.0. The van der Waals surface area contributed by atoms with Crippen LogP contribution in [0.3, 0.4) is 0 Å². The van der Waals surface area contributed by atoms with Crippen molar-refractivity contribution >= 4 is 52.9 Å². The number of nitrogens with zero attached hydrogens (tertiary/aromatic N) is 6. The largest absolute Gasteiger partial charge is 0.496 e. The summed E-state index contributed by atoms with van der Waals surface area (Å²) in [7, 11) is 1.58. The number of anilines is 2. The number of H-pyrrole nitrogens is 1. The first-order chi connectivity index (χ1) is 22.3. The summed E-state index contributed by atoms with van der Waals surface area (Å²) in [5.74, 6) is 0.0467. The van der Waals surface area contributed by atoms with Crippen molar-refractivity contribution < 1.29 is 29.3 Å². The van der Waals surface area contributed by atoms with Crippen molar-refractivity contribution in [3.05, 3.63) is 56.2 Å². The van der Waals surface area contributed by atoms with E-state index in [-0.39, 0.29) is 41.5 Å². The summed E-state index contributed by atoms with van der Waals surface area (Å²) in [6, 6.07) is 0. The van der Waals surface area contributed by atoms with Gasteiger partial charge < -0.3 is 35.9 Å². The van der Waals surface area contributed by atoms with Gasteiger partial charge in [-0.1, -0.05) is 11.6 Å². The molecular formula is C31H38ClN9O6. The molecule has 0 saturated carbocycles. The van der Waals surface area contributed by atoms with Gasteiger partial charge >= 0.3 is 6.09 Å². The number of aliphatic hydroxyl groups is 1. The second kappa shape index (κ2) is 13.6. The van der Waals surface area contributed by atoms with Crippen molar-refractivity contribution in [1.29, 1.82) is 0 Å². The molecule has 1 saturated heterocycles. The van der Waals surface area contributed by atoms with Crippen LogP contribution in [0.4, 0.5) is 16.6 Å². The van der Waals surface area contributed by atoms with Crippen LogP contribution in [0.1, 0.15) is 49.7 Å². The van der Waals surface area contributed by atoms with Crippen LogP contribution in [0.2, 0.25) is 5.15 Å². The monoisotopic (exact) mass is 667 g/mol. The Morgan fingerprint density at radius 3 is 2.53 bits per heavy atom. The normalized spacial score (nSPS) is 16.5. The number of aromatic nitrogens is 4. The number of hydrogen-bond acceptors (Lipinski definition) is 10. The molecule has 0 bridgehead atoms. The number of hydrogen-bond donors (Lipinski definition) is 5. The highest BCUT2D eigenvalue weighted by atomic mass is 35.5. The highest BCUT2D eigenvalue weighted by molar-refractivity contribution is 6.41. The van der Waals surface area contributed by atoms with Crippen LogP contribution in [-0.2, 0) is 11.3 Å². The van der Waals surface area contributed by atoms with Crippen LogP contribution in [-0.4, -0.2) is 110 Å². The second-order valence-electron chi connectivity index (χ2n) is 11.7. The molecule has 2 aliphatic heterocycles. The van der Waals surface area contributed by atoms with Crippen molar-refractivity contribution in [1.82, 2.24) is 35.1 Å². The van der Waals surface area contributed by atoms with E-state index in [0.717, 1.165) is 11.1 Å². The first kappa shape index (κ1) is 33.6. The summed E-state index contributed by atoms with van der Waals surface area (Å²) in [5, 5.41) is 22.5. The molecule has 16 heteroatoms. The molecule has 0 aromatic carbocycles. The van der Waals surface area contributed by atoms with Crippen LogP contribution in [0, 0.1) is 27.7 Å². The first-order valence-corrected chi connectivity index (χ1v) is 15.4. The molecule has 0 aliphatic carbocycles. The summed E-state index contributed by atoms with van der Waals surface area (Å²) in [6.07, 6.45) is 1.49. The molecule has 0 radical (unpaired) electrons. The number of rotatable bonds is 9. The number of amides is 3. The third kappa shape index (κ3) is 6.73. The molecule has 47 heavy (non-hydrogen) atoms. The fraction of sp³-hybridized carbons (Fsp3) is 0.419. The van der Waals surface area contributed by atoms with Crippen molar-refractivity contribution in [3.63, 3.8) is 0 Å². The number of methoxy groups -OCH3 is 1. The quantitative estimate of drug-likeness (QED) is 0.165. The van der Waals surface area contributed by atoms with Gasteiger partial charge in [0.25, 0.3) is 11.8 Å². The molecule has 2 aliphatic rings. The fourth-order valence-electron chi connectivity index (χ4n) is 6.06. The zero-order valence-electron chi connectivity index (χ0n) is 26.8. The number of pyridine rings is 1. The number of ether oxygens (including phenoxy) is 1. The standard InChI is InChI=1S/C31H38ClN9O6/c1-15-11-34-22(17(3)25(15)47-5)14-41-27-24(26(32)37-30(33)38-27)20(29(41)44)10-21-16(2)23(18(4)36-21)28(43)35-12-19(42)13-39-6-8-40(9-7-39)31(45)46/h10-11,19,36,42H,6-9,12-14H2,1-5H3,(H,35,43)(H,45,46)(H2,33,37,38)/b20-10-. The van der Waals surface area contributed by atoms with Crippen LogP contribution in [0.15, 0.2) is 6.20 Å². The second-order valence-corrected chi connectivity index (χ2v) is 12.0. The van der Waals surface area contributed by atoms with Crippen LogP contribution < -0.4 is 20.7 Å². The molecular weight excluding hydrogens is 630 g/mol. The summed E-state index contributed by atoms with van der Waals surface area (Å²) in [5.41, 5.74) is 10.8. The maximum atomic E-state index is 14.0. The fourth-order valence-corrected chi connectivity index (χ4v) is 6.33. The Kier molecular flexibility index (Phi) is 9.70. The summed E-state index contributed by atoms with van der Waals surface area (Å²) in [6.45, 7) is 9.36. The minimum absolute atomic E-state index is 0.00486. The summed E-state index contributed by atoms with van der Waals surface area (Å²) < 4.78 is 5.54. The van der Waals surface area contributed by atoms with Gasteiger partial charge in [0.15, 0.2) is 5.82 Å².